The average molecular weight is 281 g/mol. The van der Waals surface area contributed by atoms with Crippen LogP contribution in [0.15, 0.2) is 35.1 Å². The number of aromatic nitrogens is 2. The highest BCUT2D eigenvalue weighted by molar-refractivity contribution is 9.10. The maximum atomic E-state index is 10.1. The summed E-state index contributed by atoms with van der Waals surface area (Å²) in [6, 6.07) is 5.85. The summed E-state index contributed by atoms with van der Waals surface area (Å²) in [6.07, 6.45) is 2.88. The van der Waals surface area contributed by atoms with Crippen LogP contribution in [-0.4, -0.2) is 14.9 Å². The monoisotopic (exact) mass is 280 g/mol. The van der Waals surface area contributed by atoms with Crippen LogP contribution in [0.3, 0.4) is 0 Å². The van der Waals surface area contributed by atoms with Crippen molar-refractivity contribution < 1.29 is 5.11 Å². The number of aryl methyl sites for hydroxylation is 2. The van der Waals surface area contributed by atoms with E-state index < -0.39 is 6.10 Å². The first-order valence-corrected chi connectivity index (χ1v) is 5.80. The van der Waals surface area contributed by atoms with Crippen LogP contribution in [0.2, 0.25) is 0 Å². The second kappa shape index (κ2) is 4.39. The molecule has 2 aromatic rings. The largest absolute Gasteiger partial charge is 0.384 e. The lowest BCUT2D eigenvalue weighted by Crippen LogP contribution is -1.98. The van der Waals surface area contributed by atoms with E-state index in [2.05, 4.69) is 21.0 Å². The van der Waals surface area contributed by atoms with E-state index in [0.29, 0.717) is 0 Å². The van der Waals surface area contributed by atoms with Gasteiger partial charge in [-0.3, -0.25) is 4.68 Å². The lowest BCUT2D eigenvalue weighted by atomic mass is 10.0. The first kappa shape index (κ1) is 11.4. The van der Waals surface area contributed by atoms with Gasteiger partial charge in [0.2, 0.25) is 0 Å². The third-order valence-corrected chi connectivity index (χ3v) is 3.41. The molecular weight excluding hydrogens is 268 g/mol. The molecule has 0 aliphatic heterocycles. The third-order valence-electron chi connectivity index (χ3n) is 2.55. The molecule has 1 aromatic carbocycles. The van der Waals surface area contributed by atoms with Crippen LogP contribution in [0.5, 0.6) is 0 Å². The fourth-order valence-corrected chi connectivity index (χ4v) is 1.95. The number of aliphatic hydroxyl groups excluding tert-OH is 1. The highest BCUT2D eigenvalue weighted by Crippen LogP contribution is 2.25. The van der Waals surface area contributed by atoms with Crippen molar-refractivity contribution in [1.82, 2.24) is 9.78 Å². The molecule has 0 aliphatic rings. The Hall–Kier alpha value is -1.13. The van der Waals surface area contributed by atoms with Crippen LogP contribution in [-0.2, 0) is 7.05 Å². The van der Waals surface area contributed by atoms with Crippen molar-refractivity contribution in [3.63, 3.8) is 0 Å². The molecule has 0 bridgehead atoms. The minimum absolute atomic E-state index is 0.620. The zero-order chi connectivity index (χ0) is 11.7. The lowest BCUT2D eigenvalue weighted by molar-refractivity contribution is 0.220. The van der Waals surface area contributed by atoms with Crippen LogP contribution >= 0.6 is 15.9 Å². The van der Waals surface area contributed by atoms with E-state index in [-0.39, 0.29) is 0 Å². The van der Waals surface area contributed by atoms with E-state index in [1.54, 1.807) is 10.9 Å². The van der Waals surface area contributed by atoms with Crippen molar-refractivity contribution in [1.29, 1.82) is 0 Å². The van der Waals surface area contributed by atoms with E-state index in [0.717, 1.165) is 21.2 Å². The van der Waals surface area contributed by atoms with Gasteiger partial charge in [-0.2, -0.15) is 5.10 Å². The van der Waals surface area contributed by atoms with Crippen molar-refractivity contribution in [2.24, 2.45) is 7.05 Å². The number of rotatable bonds is 2. The van der Waals surface area contributed by atoms with Crippen LogP contribution in [0, 0.1) is 6.92 Å². The molecule has 84 valence electrons. The molecule has 1 N–H and O–H groups in total. The van der Waals surface area contributed by atoms with Crippen molar-refractivity contribution in [2.45, 2.75) is 13.0 Å². The molecule has 0 spiro atoms. The zero-order valence-electron chi connectivity index (χ0n) is 9.18. The fraction of sp³-hybridized carbons (Fsp3) is 0.250. The Morgan fingerprint density at radius 3 is 2.69 bits per heavy atom. The maximum Gasteiger partial charge on any atom is 0.107 e. The summed E-state index contributed by atoms with van der Waals surface area (Å²) in [5.74, 6) is 0. The van der Waals surface area contributed by atoms with Gasteiger partial charge in [0.05, 0.1) is 6.20 Å². The summed E-state index contributed by atoms with van der Waals surface area (Å²) in [4.78, 5) is 0. The van der Waals surface area contributed by atoms with Gasteiger partial charge in [-0.15, -0.1) is 0 Å². The van der Waals surface area contributed by atoms with Gasteiger partial charge in [-0.1, -0.05) is 28.1 Å². The molecule has 1 aromatic heterocycles. The number of halogens is 1. The van der Waals surface area contributed by atoms with Gasteiger partial charge in [0, 0.05) is 23.3 Å². The molecule has 0 aliphatic carbocycles. The van der Waals surface area contributed by atoms with Crippen LogP contribution < -0.4 is 0 Å². The Bertz CT molecular complexity index is 507. The van der Waals surface area contributed by atoms with E-state index in [1.807, 2.05) is 38.4 Å². The standard InChI is InChI=1S/C12H13BrN2O/c1-8-3-4-9(5-11(8)13)12(16)10-6-14-15(2)7-10/h3-7,12,16H,1-2H3. The van der Waals surface area contributed by atoms with Gasteiger partial charge < -0.3 is 5.11 Å². The highest BCUT2D eigenvalue weighted by atomic mass is 79.9. The third kappa shape index (κ3) is 2.18. The SMILES string of the molecule is Cc1ccc(C(O)c2cnn(C)c2)cc1Br. The number of benzene rings is 1. The first-order valence-electron chi connectivity index (χ1n) is 5.00. The molecule has 1 unspecified atom stereocenters. The molecule has 1 atom stereocenters. The molecule has 3 nitrogen and oxygen atoms in total. The van der Waals surface area contributed by atoms with Gasteiger partial charge in [0.15, 0.2) is 0 Å². The highest BCUT2D eigenvalue weighted by Gasteiger charge is 2.12. The summed E-state index contributed by atoms with van der Waals surface area (Å²) in [6.45, 7) is 2.02. The summed E-state index contributed by atoms with van der Waals surface area (Å²) >= 11 is 3.46. The summed E-state index contributed by atoms with van der Waals surface area (Å²) < 4.78 is 2.69. The van der Waals surface area contributed by atoms with E-state index in [1.165, 1.54) is 0 Å². The fourth-order valence-electron chi connectivity index (χ4n) is 1.55. The van der Waals surface area contributed by atoms with Crippen LogP contribution in [0.1, 0.15) is 22.8 Å². The Labute approximate surface area is 103 Å². The molecule has 2 rings (SSSR count). The van der Waals surface area contributed by atoms with E-state index in [4.69, 9.17) is 0 Å². The van der Waals surface area contributed by atoms with Gasteiger partial charge in [-0.05, 0) is 24.1 Å². The number of hydrogen-bond acceptors (Lipinski definition) is 2. The van der Waals surface area contributed by atoms with Crippen molar-refractivity contribution in [3.05, 3.63) is 51.8 Å². The molecule has 0 amide bonds. The van der Waals surface area contributed by atoms with Gasteiger partial charge in [0.1, 0.15) is 6.10 Å². The molecule has 0 saturated heterocycles. The predicted molar refractivity (Wildman–Crippen MR) is 66.1 cm³/mol. The quantitative estimate of drug-likeness (QED) is 0.918. The second-order valence-corrected chi connectivity index (χ2v) is 4.71. The molecular formula is C12H13BrN2O. The van der Waals surface area contributed by atoms with Crippen LogP contribution in [0.25, 0.3) is 0 Å². The Kier molecular flexibility index (Phi) is 3.12. The minimum atomic E-state index is -0.620. The zero-order valence-corrected chi connectivity index (χ0v) is 10.8. The molecule has 4 heteroatoms. The van der Waals surface area contributed by atoms with Gasteiger partial charge in [0.25, 0.3) is 0 Å². The summed E-state index contributed by atoms with van der Waals surface area (Å²) in [5.41, 5.74) is 2.82. The van der Waals surface area contributed by atoms with Crippen LogP contribution in [0.4, 0.5) is 0 Å². The number of hydrogen-bond donors (Lipinski definition) is 1. The molecule has 0 fully saturated rings. The van der Waals surface area contributed by atoms with Gasteiger partial charge in [-0.25, -0.2) is 0 Å². The van der Waals surface area contributed by atoms with E-state index >= 15 is 0 Å². The van der Waals surface area contributed by atoms with Crippen molar-refractivity contribution >= 4 is 15.9 Å². The molecule has 0 saturated carbocycles. The molecule has 0 radical (unpaired) electrons. The summed E-state index contributed by atoms with van der Waals surface area (Å²) in [5, 5.41) is 14.2. The molecule has 1 heterocycles. The second-order valence-electron chi connectivity index (χ2n) is 3.86. The molecule has 16 heavy (non-hydrogen) atoms. The van der Waals surface area contributed by atoms with E-state index in [9.17, 15) is 5.11 Å². The Morgan fingerprint density at radius 1 is 1.38 bits per heavy atom. The van der Waals surface area contributed by atoms with Crippen molar-refractivity contribution in [2.75, 3.05) is 0 Å². The summed E-state index contributed by atoms with van der Waals surface area (Å²) in [7, 11) is 1.83. The first-order chi connectivity index (χ1) is 7.58. The topological polar surface area (TPSA) is 38.1 Å². The van der Waals surface area contributed by atoms with Gasteiger partial charge >= 0.3 is 0 Å². The number of aliphatic hydroxyl groups is 1. The number of nitrogens with zero attached hydrogens (tertiary/aromatic N) is 2. The lowest BCUT2D eigenvalue weighted by Gasteiger charge is -2.10. The smallest absolute Gasteiger partial charge is 0.107 e. The minimum Gasteiger partial charge on any atom is -0.384 e. The average Bonchev–Trinajstić information content (AvgIpc) is 2.68. The Morgan fingerprint density at radius 2 is 2.12 bits per heavy atom. The predicted octanol–water partition coefficient (Wildman–Crippen LogP) is 2.57. The van der Waals surface area contributed by atoms with Crippen molar-refractivity contribution in [3.8, 4) is 0 Å². The normalized spacial score (nSPS) is 12.8. The Balaban J connectivity index is 2.33. The maximum absolute atomic E-state index is 10.1.